The molecule has 0 bridgehead atoms. The van der Waals surface area contributed by atoms with Crippen LogP contribution in [-0.4, -0.2) is 44.3 Å². The van der Waals surface area contributed by atoms with Crippen LogP contribution in [0.4, 0.5) is 10.1 Å². The maximum absolute atomic E-state index is 14.0. The minimum Gasteiger partial charge on any atom is -0.354 e. The van der Waals surface area contributed by atoms with Gasteiger partial charge in [-0.25, -0.2) is 12.8 Å². The van der Waals surface area contributed by atoms with Gasteiger partial charge in [0.1, 0.15) is 18.4 Å². The van der Waals surface area contributed by atoms with Gasteiger partial charge in [0, 0.05) is 13.1 Å². The molecule has 0 saturated heterocycles. The van der Waals surface area contributed by atoms with Crippen molar-refractivity contribution in [1.82, 2.24) is 10.2 Å². The normalized spacial score (nSPS) is 12.2. The van der Waals surface area contributed by atoms with Crippen molar-refractivity contribution in [1.29, 1.82) is 0 Å². The monoisotopic (exact) mass is 587 g/mol. The minimum atomic E-state index is -4.26. The largest absolute Gasteiger partial charge is 0.354 e. The summed E-state index contributed by atoms with van der Waals surface area (Å²) >= 11 is 6.01. The number of anilines is 1. The van der Waals surface area contributed by atoms with Crippen molar-refractivity contribution in [3.05, 3.63) is 94.8 Å². The summed E-state index contributed by atoms with van der Waals surface area (Å²) in [5.74, 6) is -1.42. The quantitative estimate of drug-likeness (QED) is 0.300. The van der Waals surface area contributed by atoms with Gasteiger partial charge < -0.3 is 10.2 Å². The summed E-state index contributed by atoms with van der Waals surface area (Å²) < 4.78 is 42.5. The third kappa shape index (κ3) is 7.61. The van der Waals surface area contributed by atoms with Crippen molar-refractivity contribution in [3.63, 3.8) is 0 Å². The van der Waals surface area contributed by atoms with Crippen molar-refractivity contribution < 1.29 is 22.4 Å². The molecule has 0 aromatic heterocycles. The van der Waals surface area contributed by atoms with Crippen LogP contribution >= 0.6 is 11.6 Å². The smallest absolute Gasteiger partial charge is 0.264 e. The molecule has 1 N–H and O–H groups in total. The fourth-order valence-electron chi connectivity index (χ4n) is 4.20. The minimum absolute atomic E-state index is 0.0248. The Morgan fingerprint density at radius 2 is 1.65 bits per heavy atom. The van der Waals surface area contributed by atoms with Crippen LogP contribution in [-0.2, 0) is 26.2 Å². The van der Waals surface area contributed by atoms with Gasteiger partial charge in [0.25, 0.3) is 10.0 Å². The van der Waals surface area contributed by atoms with Crippen LogP contribution in [0.2, 0.25) is 5.02 Å². The van der Waals surface area contributed by atoms with Crippen molar-refractivity contribution >= 4 is 39.1 Å². The average molecular weight is 588 g/mol. The van der Waals surface area contributed by atoms with E-state index in [4.69, 9.17) is 11.6 Å². The molecule has 3 rings (SSSR count). The van der Waals surface area contributed by atoms with E-state index in [1.165, 1.54) is 29.2 Å². The Bertz CT molecular complexity index is 1430. The van der Waals surface area contributed by atoms with E-state index in [1.807, 2.05) is 45.0 Å². The summed E-state index contributed by atoms with van der Waals surface area (Å²) in [6, 6.07) is 17.8. The Kier molecular flexibility index (Phi) is 10.7. The van der Waals surface area contributed by atoms with Gasteiger partial charge in [-0.1, -0.05) is 74.8 Å². The van der Waals surface area contributed by atoms with Crippen LogP contribution < -0.4 is 9.62 Å². The molecule has 7 nitrogen and oxygen atoms in total. The molecule has 3 aromatic carbocycles. The van der Waals surface area contributed by atoms with E-state index >= 15 is 0 Å². The average Bonchev–Trinajstić information content (AvgIpc) is 2.93. The van der Waals surface area contributed by atoms with Crippen LogP contribution in [0.5, 0.6) is 0 Å². The van der Waals surface area contributed by atoms with Gasteiger partial charge in [0.15, 0.2) is 0 Å². The highest BCUT2D eigenvalue weighted by Gasteiger charge is 2.34. The predicted octanol–water partition coefficient (Wildman–Crippen LogP) is 5.56. The third-order valence-corrected chi connectivity index (χ3v) is 8.55. The molecule has 0 spiro atoms. The molecule has 0 aliphatic carbocycles. The molecule has 0 fully saturated rings. The van der Waals surface area contributed by atoms with Crippen LogP contribution in [0.25, 0.3) is 0 Å². The maximum Gasteiger partial charge on any atom is 0.264 e. The lowest BCUT2D eigenvalue weighted by Gasteiger charge is -2.33. The second kappa shape index (κ2) is 13.8. The zero-order chi connectivity index (χ0) is 29.4. The second-order valence-corrected chi connectivity index (χ2v) is 12.2. The predicted molar refractivity (Wildman–Crippen MR) is 156 cm³/mol. The maximum atomic E-state index is 14.0. The number of rotatable bonds is 12. The molecule has 0 aliphatic heterocycles. The lowest BCUT2D eigenvalue weighted by atomic mass is 10.1. The summed E-state index contributed by atoms with van der Waals surface area (Å²) in [7, 11) is -4.26. The fraction of sp³-hybridized carbons (Fsp3) is 0.333. The van der Waals surface area contributed by atoms with Gasteiger partial charge >= 0.3 is 0 Å². The van der Waals surface area contributed by atoms with E-state index in [0.717, 1.165) is 21.5 Å². The topological polar surface area (TPSA) is 86.8 Å². The van der Waals surface area contributed by atoms with Crippen molar-refractivity contribution in [2.24, 2.45) is 5.92 Å². The molecule has 0 aliphatic rings. The van der Waals surface area contributed by atoms with Crippen molar-refractivity contribution in [2.45, 2.75) is 51.6 Å². The Morgan fingerprint density at radius 3 is 2.25 bits per heavy atom. The summed E-state index contributed by atoms with van der Waals surface area (Å²) in [6.07, 6.45) is 0.315. The molecule has 1 unspecified atom stereocenters. The van der Waals surface area contributed by atoms with Crippen LogP contribution in [0.3, 0.4) is 0 Å². The van der Waals surface area contributed by atoms with Gasteiger partial charge in [-0.15, -0.1) is 0 Å². The van der Waals surface area contributed by atoms with E-state index in [-0.39, 0.29) is 34.0 Å². The lowest BCUT2D eigenvalue weighted by molar-refractivity contribution is -0.140. The number of aryl methyl sites for hydroxylation is 1. The van der Waals surface area contributed by atoms with Gasteiger partial charge in [-0.2, -0.15) is 0 Å². The summed E-state index contributed by atoms with van der Waals surface area (Å²) in [6.45, 7) is 7.56. The van der Waals surface area contributed by atoms with Crippen molar-refractivity contribution in [3.8, 4) is 0 Å². The molecule has 2 amide bonds. The first-order chi connectivity index (χ1) is 18.9. The Balaban J connectivity index is 2.07. The summed E-state index contributed by atoms with van der Waals surface area (Å²) in [5.41, 5.74) is 1.78. The van der Waals surface area contributed by atoms with Gasteiger partial charge in [0.05, 0.1) is 15.6 Å². The van der Waals surface area contributed by atoms with E-state index in [0.29, 0.717) is 13.0 Å². The molecule has 40 heavy (non-hydrogen) atoms. The number of nitrogens with zero attached hydrogens (tertiary/aromatic N) is 2. The summed E-state index contributed by atoms with van der Waals surface area (Å²) in [5, 5.41) is 2.62. The van der Waals surface area contributed by atoms with E-state index in [9.17, 15) is 22.4 Å². The molecule has 10 heteroatoms. The lowest BCUT2D eigenvalue weighted by Crippen LogP contribution is -2.52. The molecule has 214 valence electrons. The molecular formula is C30H35ClFN3O4S. The number of halogens is 2. The number of carbonyl (C=O) groups excluding carboxylic acids is 2. The van der Waals surface area contributed by atoms with Crippen LogP contribution in [0, 0.1) is 18.7 Å². The third-order valence-electron chi connectivity index (χ3n) is 6.47. The Morgan fingerprint density at radius 1 is 1.00 bits per heavy atom. The number of hydrogen-bond acceptors (Lipinski definition) is 4. The Hall–Kier alpha value is -3.43. The van der Waals surface area contributed by atoms with Gasteiger partial charge in [-0.05, 0) is 60.7 Å². The van der Waals surface area contributed by atoms with Gasteiger partial charge in [0.2, 0.25) is 11.8 Å². The number of carbonyl (C=O) groups is 2. The number of sulfonamides is 1. The standard InChI is InChI=1S/C30H35ClFN3O4S/c1-5-28(30(37)33-18-21(2)3)34(19-23-12-10-9-11-22(23)4)29(36)20-35(24-15-16-27(32)26(31)17-24)40(38,39)25-13-7-6-8-14-25/h6-17,21,28H,5,18-20H2,1-4H3,(H,33,37). The van der Waals surface area contributed by atoms with Crippen molar-refractivity contribution in [2.75, 3.05) is 17.4 Å². The highest BCUT2D eigenvalue weighted by molar-refractivity contribution is 7.92. The first-order valence-electron chi connectivity index (χ1n) is 13.1. The molecule has 0 heterocycles. The summed E-state index contributed by atoms with van der Waals surface area (Å²) in [4.78, 5) is 28.7. The number of benzene rings is 3. The SMILES string of the molecule is CCC(C(=O)NCC(C)C)N(Cc1ccccc1C)C(=O)CN(c1ccc(F)c(Cl)c1)S(=O)(=O)c1ccccc1. The fourth-order valence-corrected chi connectivity index (χ4v) is 5.80. The Labute approximate surface area is 241 Å². The zero-order valence-corrected chi connectivity index (χ0v) is 24.7. The van der Waals surface area contributed by atoms with Crippen LogP contribution in [0.15, 0.2) is 77.7 Å². The molecule has 3 aromatic rings. The molecular weight excluding hydrogens is 553 g/mol. The number of nitrogens with one attached hydrogen (secondary N) is 1. The first-order valence-corrected chi connectivity index (χ1v) is 14.9. The van der Waals surface area contributed by atoms with Gasteiger partial charge in [-0.3, -0.25) is 13.9 Å². The van der Waals surface area contributed by atoms with Crippen LogP contribution in [0.1, 0.15) is 38.3 Å². The highest BCUT2D eigenvalue weighted by Crippen LogP contribution is 2.28. The van der Waals surface area contributed by atoms with E-state index in [1.54, 1.807) is 25.1 Å². The molecule has 0 saturated carbocycles. The van der Waals surface area contributed by atoms with E-state index < -0.39 is 34.3 Å². The second-order valence-electron chi connectivity index (χ2n) is 9.93. The van der Waals surface area contributed by atoms with E-state index in [2.05, 4.69) is 5.32 Å². The molecule has 0 radical (unpaired) electrons. The highest BCUT2D eigenvalue weighted by atomic mass is 35.5. The number of amides is 2. The zero-order valence-electron chi connectivity index (χ0n) is 23.1. The molecule has 1 atom stereocenters. The first kappa shape index (κ1) is 31.1. The number of hydrogen-bond donors (Lipinski definition) is 1.